The van der Waals surface area contributed by atoms with Gasteiger partial charge in [0.15, 0.2) is 24.7 Å². The summed E-state index contributed by atoms with van der Waals surface area (Å²) in [7, 11) is -8.46. The van der Waals surface area contributed by atoms with Gasteiger partial charge in [0.2, 0.25) is 0 Å². The first-order chi connectivity index (χ1) is 16.7. The second kappa shape index (κ2) is 9.57. The van der Waals surface area contributed by atoms with E-state index < -0.39 is 75.5 Å². The monoisotopic (exact) mass is 572 g/mol. The first-order valence-electron chi connectivity index (χ1n) is 10.8. The molecule has 0 spiro atoms. The largest absolute Gasteiger partial charge is 0.433 e. The third-order valence-corrected chi connectivity index (χ3v) is 9.40. The predicted octanol–water partition coefficient (Wildman–Crippen LogP) is 4.43. The number of hydrogen-bond donors (Lipinski definition) is 1. The summed E-state index contributed by atoms with van der Waals surface area (Å²) in [4.78, 5) is 15.5. The molecule has 0 bridgehead atoms. The van der Waals surface area contributed by atoms with E-state index in [2.05, 4.69) is 10.3 Å². The van der Waals surface area contributed by atoms with Crippen molar-refractivity contribution < 1.29 is 48.0 Å². The van der Waals surface area contributed by atoms with Crippen molar-refractivity contribution in [1.29, 1.82) is 0 Å². The Morgan fingerprint density at radius 1 is 0.973 bits per heavy atom. The van der Waals surface area contributed by atoms with Crippen molar-refractivity contribution in [3.05, 3.63) is 53.2 Å². The molecule has 1 saturated carbocycles. The second-order valence-corrected chi connectivity index (χ2v) is 13.3. The molecule has 1 heterocycles. The Labute approximate surface area is 209 Å². The zero-order valence-electron chi connectivity index (χ0n) is 19.4. The van der Waals surface area contributed by atoms with Crippen LogP contribution in [0.1, 0.15) is 54.2 Å². The Balaban J connectivity index is 1.79. The maximum absolute atomic E-state index is 13.0. The molecule has 0 saturated heterocycles. The number of halogens is 6. The third-order valence-electron chi connectivity index (χ3n) is 6.13. The molecule has 2 aromatic rings. The highest BCUT2D eigenvalue weighted by molar-refractivity contribution is 7.92. The van der Waals surface area contributed by atoms with Crippen LogP contribution in [0.3, 0.4) is 0 Å². The number of rotatable bonds is 5. The molecule has 7 nitrogen and oxygen atoms in total. The van der Waals surface area contributed by atoms with Crippen molar-refractivity contribution in [2.24, 2.45) is 0 Å². The van der Waals surface area contributed by atoms with Crippen molar-refractivity contribution in [3.8, 4) is 0 Å². The zero-order valence-corrected chi connectivity index (χ0v) is 21.1. The first-order valence-corrected chi connectivity index (χ1v) is 14.2. The van der Waals surface area contributed by atoms with E-state index in [1.54, 1.807) is 6.92 Å². The number of carbonyl (C=O) groups is 1. The van der Waals surface area contributed by atoms with Crippen LogP contribution in [0.15, 0.2) is 46.3 Å². The summed E-state index contributed by atoms with van der Waals surface area (Å²) in [5.74, 6) is -1.01. The van der Waals surface area contributed by atoms with Gasteiger partial charge in [-0.3, -0.25) is 4.79 Å². The number of nitrogens with one attached hydrogen (secondary N) is 1. The minimum Gasteiger partial charge on any atom is -0.347 e. The Morgan fingerprint density at radius 2 is 1.57 bits per heavy atom. The molecule has 3 rings (SSSR count). The van der Waals surface area contributed by atoms with Crippen LogP contribution in [-0.4, -0.2) is 44.8 Å². The van der Waals surface area contributed by atoms with Gasteiger partial charge in [-0.2, -0.15) is 26.3 Å². The molecular weight excluding hydrogens is 550 g/mol. The number of sulfone groups is 2. The van der Waals surface area contributed by atoms with Gasteiger partial charge >= 0.3 is 12.4 Å². The van der Waals surface area contributed by atoms with Crippen LogP contribution in [0.5, 0.6) is 0 Å². The number of alkyl halides is 6. The topological polar surface area (TPSA) is 110 Å². The molecule has 204 valence electrons. The molecule has 0 radical (unpaired) electrons. The minimum absolute atomic E-state index is 0.0282. The molecule has 1 aromatic heterocycles. The quantitative estimate of drug-likeness (QED) is 0.531. The van der Waals surface area contributed by atoms with Crippen LogP contribution in [0.25, 0.3) is 0 Å². The summed E-state index contributed by atoms with van der Waals surface area (Å²) < 4.78 is 128. The Hall–Kier alpha value is -2.68. The molecule has 1 aliphatic rings. The summed E-state index contributed by atoms with van der Waals surface area (Å²) >= 11 is 0. The van der Waals surface area contributed by atoms with E-state index in [0.717, 1.165) is 18.2 Å². The lowest BCUT2D eigenvalue weighted by molar-refractivity contribution is -0.141. The Bertz CT molecular complexity index is 1410. The van der Waals surface area contributed by atoms with E-state index in [9.17, 15) is 48.0 Å². The van der Waals surface area contributed by atoms with Crippen molar-refractivity contribution in [3.63, 3.8) is 0 Å². The lowest BCUT2D eigenvalue weighted by Gasteiger charge is -2.38. The van der Waals surface area contributed by atoms with Crippen LogP contribution in [0, 0.1) is 0 Å². The van der Waals surface area contributed by atoms with Crippen molar-refractivity contribution in [2.45, 2.75) is 65.7 Å². The van der Waals surface area contributed by atoms with Crippen LogP contribution in [-0.2, 0) is 32.0 Å². The standard InChI is InChI=1S/C22H22F6N2O5S2/c1-20(30-18(31)16-6-7-17(22(26,27)28)29-19(16)36(2,32)33)10-8-14(9-11-20)37(34,35)15-5-3-4-13(12-15)21(23,24)25/h3-7,12,14H,8-11H2,1-2H3,(H,30,31). The van der Waals surface area contributed by atoms with Crippen LogP contribution < -0.4 is 5.32 Å². The van der Waals surface area contributed by atoms with E-state index in [0.29, 0.717) is 24.5 Å². The van der Waals surface area contributed by atoms with Gasteiger partial charge in [0.25, 0.3) is 5.91 Å². The number of nitrogens with zero attached hydrogens (tertiary/aromatic N) is 1. The van der Waals surface area contributed by atoms with Crippen molar-refractivity contribution in [2.75, 3.05) is 6.26 Å². The summed E-state index contributed by atoms with van der Waals surface area (Å²) in [6.45, 7) is 1.55. The number of aromatic nitrogens is 1. The number of carbonyl (C=O) groups excluding carboxylic acids is 1. The lowest BCUT2D eigenvalue weighted by Crippen LogP contribution is -2.50. The molecule has 1 N–H and O–H groups in total. The summed E-state index contributed by atoms with van der Waals surface area (Å²) in [6.07, 6.45) is -8.99. The average molecular weight is 573 g/mol. The van der Waals surface area contributed by atoms with Crippen LogP contribution >= 0.6 is 0 Å². The van der Waals surface area contributed by atoms with Crippen molar-refractivity contribution in [1.82, 2.24) is 10.3 Å². The number of amides is 1. The maximum atomic E-state index is 13.0. The fourth-order valence-corrected chi connectivity index (χ4v) is 6.73. The second-order valence-electron chi connectivity index (χ2n) is 9.10. The molecule has 0 unspecified atom stereocenters. The summed E-state index contributed by atoms with van der Waals surface area (Å²) in [6, 6.07) is 4.58. The van der Waals surface area contributed by atoms with Gasteiger partial charge in [0.05, 0.1) is 21.3 Å². The molecule has 0 aliphatic heterocycles. The van der Waals surface area contributed by atoms with Crippen molar-refractivity contribution >= 4 is 25.6 Å². The molecule has 1 amide bonds. The maximum Gasteiger partial charge on any atom is 0.433 e. The number of benzene rings is 1. The van der Waals surface area contributed by atoms with Gasteiger partial charge in [0, 0.05) is 11.8 Å². The molecule has 15 heteroatoms. The van der Waals surface area contributed by atoms with E-state index in [4.69, 9.17) is 0 Å². The molecule has 1 fully saturated rings. The average Bonchev–Trinajstić information content (AvgIpc) is 2.77. The third kappa shape index (κ3) is 6.43. The SMILES string of the molecule is CC1(NC(=O)c2ccc(C(F)(F)F)nc2S(C)(=O)=O)CCC(S(=O)(=O)c2cccc(C(F)(F)F)c2)CC1. The lowest BCUT2D eigenvalue weighted by atomic mass is 9.83. The van der Waals surface area contributed by atoms with E-state index in [-0.39, 0.29) is 25.7 Å². The van der Waals surface area contributed by atoms with Gasteiger partial charge in [-0.25, -0.2) is 21.8 Å². The molecule has 1 aromatic carbocycles. The van der Waals surface area contributed by atoms with Gasteiger partial charge in [-0.05, 0) is 62.9 Å². The molecule has 1 aliphatic carbocycles. The zero-order chi connectivity index (χ0) is 28.0. The van der Waals surface area contributed by atoms with Gasteiger partial charge < -0.3 is 5.32 Å². The minimum atomic E-state index is -4.94. The highest BCUT2D eigenvalue weighted by Crippen LogP contribution is 2.37. The van der Waals surface area contributed by atoms with Gasteiger partial charge in [0.1, 0.15) is 5.69 Å². The van der Waals surface area contributed by atoms with Crippen LogP contribution in [0.4, 0.5) is 26.3 Å². The highest BCUT2D eigenvalue weighted by atomic mass is 32.2. The fraction of sp³-hybridized carbons (Fsp3) is 0.455. The summed E-state index contributed by atoms with van der Waals surface area (Å²) in [5.41, 5.74) is -4.26. The van der Waals surface area contributed by atoms with Gasteiger partial charge in [-0.15, -0.1) is 0 Å². The smallest absolute Gasteiger partial charge is 0.347 e. The fourth-order valence-electron chi connectivity index (χ4n) is 4.10. The first kappa shape index (κ1) is 28.9. The van der Waals surface area contributed by atoms with E-state index in [1.807, 2.05) is 0 Å². The van der Waals surface area contributed by atoms with Crippen LogP contribution in [0.2, 0.25) is 0 Å². The molecule has 0 atom stereocenters. The van der Waals surface area contributed by atoms with Gasteiger partial charge in [-0.1, -0.05) is 6.07 Å². The Morgan fingerprint density at radius 3 is 2.08 bits per heavy atom. The predicted molar refractivity (Wildman–Crippen MR) is 119 cm³/mol. The van der Waals surface area contributed by atoms with E-state index in [1.165, 1.54) is 0 Å². The van der Waals surface area contributed by atoms with E-state index >= 15 is 0 Å². The normalized spacial score (nSPS) is 21.5. The molecular formula is C22H22F6N2O5S2. The Kier molecular flexibility index (Phi) is 7.47. The molecule has 37 heavy (non-hydrogen) atoms. The summed E-state index contributed by atoms with van der Waals surface area (Å²) in [5, 5.41) is 0.476. The number of pyridine rings is 1. The highest BCUT2D eigenvalue weighted by Gasteiger charge is 2.40. The number of hydrogen-bond acceptors (Lipinski definition) is 6.